The molecule has 0 aliphatic carbocycles. The van der Waals surface area contributed by atoms with Gasteiger partial charge in [0.1, 0.15) is 0 Å². The number of aryl methyl sites for hydroxylation is 2. The molecule has 281 valence electrons. The molecule has 0 fully saturated rings. The summed E-state index contributed by atoms with van der Waals surface area (Å²) in [5.74, 6) is 0.0733. The van der Waals surface area contributed by atoms with Crippen LogP contribution in [0.4, 0.5) is 0 Å². The number of nitrogens with zero attached hydrogens (tertiary/aromatic N) is 4. The summed E-state index contributed by atoms with van der Waals surface area (Å²) in [5.41, 5.74) is 11.2. The van der Waals surface area contributed by atoms with Crippen molar-refractivity contribution in [3.05, 3.63) is 163 Å². The van der Waals surface area contributed by atoms with Crippen LogP contribution in [-0.2, 0) is 20.1 Å². The van der Waals surface area contributed by atoms with Crippen molar-refractivity contribution in [2.24, 2.45) is 0 Å². The van der Waals surface area contributed by atoms with E-state index in [1.165, 1.54) is 16.8 Å². The van der Waals surface area contributed by atoms with Gasteiger partial charge in [0.25, 0.3) is 0 Å². The molecule has 5 aromatic carbocycles. The Morgan fingerprint density at radius 1 is 0.804 bits per heavy atom. The fraction of sp³-hybridized carbons (Fsp3) is 0.163. The van der Waals surface area contributed by atoms with Crippen LogP contribution in [0.15, 0.2) is 138 Å². The number of benzene rings is 5. The molecule has 0 bridgehead atoms. The predicted molar refractivity (Wildman–Crippen MR) is 231 cm³/mol. The number of hydrogen-bond acceptors (Lipinski definition) is 4. The number of fused-ring (bicyclic) bond motifs is 4. The SMILES string of the molecule is Cc1ccc2c(n1)oc1c(-c3nc4ccccc4n3-c3cccc(-c4ccccc4)c3)[c-]ccc12.[2H]C([2H])([2H])c1c[c-]c(-c2cc(C([2H])(C)C)c([Si](C)(C)C)cn2)cc1.[Ir]. The van der Waals surface area contributed by atoms with Crippen molar-refractivity contribution >= 4 is 46.4 Å². The summed E-state index contributed by atoms with van der Waals surface area (Å²) < 4.78 is 39.3. The molecule has 1 radical (unpaired) electrons. The van der Waals surface area contributed by atoms with Crippen molar-refractivity contribution in [1.82, 2.24) is 19.5 Å². The molecule has 4 aromatic heterocycles. The Labute approximate surface area is 349 Å². The number of pyridine rings is 2. The minimum atomic E-state index is -2.13. The third-order valence-corrected chi connectivity index (χ3v) is 11.8. The van der Waals surface area contributed by atoms with E-state index in [0.717, 1.165) is 72.5 Å². The van der Waals surface area contributed by atoms with Crippen LogP contribution < -0.4 is 5.19 Å². The summed E-state index contributed by atoms with van der Waals surface area (Å²) in [5, 5.41) is 3.19. The minimum Gasteiger partial charge on any atom is -0.486 e. The van der Waals surface area contributed by atoms with Crippen LogP contribution in [0.25, 0.3) is 72.6 Å². The maximum Gasteiger partial charge on any atom is 0.216 e. The van der Waals surface area contributed by atoms with Gasteiger partial charge >= 0.3 is 0 Å². The third-order valence-electron chi connectivity index (χ3n) is 9.77. The van der Waals surface area contributed by atoms with Gasteiger partial charge in [-0.1, -0.05) is 118 Å². The van der Waals surface area contributed by atoms with E-state index in [4.69, 9.17) is 14.9 Å². The first-order chi connectivity index (χ1) is 28.1. The van der Waals surface area contributed by atoms with E-state index in [9.17, 15) is 0 Å². The molecule has 0 aliphatic rings. The van der Waals surface area contributed by atoms with Crippen molar-refractivity contribution in [3.63, 3.8) is 0 Å². The van der Waals surface area contributed by atoms with Gasteiger partial charge in [-0.05, 0) is 71.2 Å². The second kappa shape index (κ2) is 15.9. The zero-order valence-electron chi connectivity index (χ0n) is 36.2. The standard InChI is InChI=1S/C31H20N3O.C18H24NSi.Ir/c1-20-17-18-25-24-13-8-14-26(29(24)35-31(25)32-20)30-33-27-15-5-6-16-28(27)34(30)23-12-7-11-22(19-23)21-9-3-2-4-10-21;1-13(2)16-11-17(15-9-7-14(3)8-10-15)19-12-18(16)20(4,5)6;/h2-13,15-19H,1H3;7-9,11-13H,1-6H3;/q2*-1;/i;3D3,13D;. The van der Waals surface area contributed by atoms with Crippen LogP contribution in [0.5, 0.6) is 0 Å². The molecule has 0 N–H and O–H groups in total. The molecule has 9 aromatic rings. The summed E-state index contributed by atoms with van der Waals surface area (Å²) in [6, 6.07) is 48.5. The van der Waals surface area contributed by atoms with Crippen LogP contribution in [0, 0.1) is 25.9 Å². The van der Waals surface area contributed by atoms with E-state index >= 15 is 0 Å². The summed E-state index contributed by atoms with van der Waals surface area (Å²) in [7, 11) is -1.61. The molecule has 56 heavy (non-hydrogen) atoms. The largest absolute Gasteiger partial charge is 0.486 e. The van der Waals surface area contributed by atoms with E-state index in [2.05, 4.69) is 107 Å². The Balaban J connectivity index is 0.000000193. The zero-order chi connectivity index (χ0) is 41.7. The number of hydrogen-bond donors (Lipinski definition) is 0. The molecule has 0 amide bonds. The molecule has 0 aliphatic heterocycles. The van der Waals surface area contributed by atoms with Crippen LogP contribution in [0.3, 0.4) is 0 Å². The zero-order valence-corrected chi connectivity index (χ0v) is 35.6. The number of para-hydroxylation sites is 2. The van der Waals surface area contributed by atoms with E-state index < -0.39 is 20.8 Å². The third kappa shape index (κ3) is 7.68. The Bertz CT molecular complexity index is 2970. The predicted octanol–water partition coefficient (Wildman–Crippen LogP) is 12.3. The topological polar surface area (TPSA) is 56.7 Å². The average molecular weight is 929 g/mol. The van der Waals surface area contributed by atoms with Crippen molar-refractivity contribution in [2.75, 3.05) is 0 Å². The molecule has 4 heterocycles. The van der Waals surface area contributed by atoms with Gasteiger partial charge in [-0.2, -0.15) is 0 Å². The minimum absolute atomic E-state index is 0. The summed E-state index contributed by atoms with van der Waals surface area (Å²) >= 11 is 0. The smallest absolute Gasteiger partial charge is 0.216 e. The van der Waals surface area contributed by atoms with E-state index in [-0.39, 0.29) is 25.7 Å². The van der Waals surface area contributed by atoms with Gasteiger partial charge in [0.05, 0.1) is 30.5 Å². The van der Waals surface area contributed by atoms with Crippen LogP contribution >= 0.6 is 0 Å². The molecule has 0 saturated carbocycles. The molecule has 9 rings (SSSR count). The second-order valence-corrected chi connectivity index (χ2v) is 20.1. The van der Waals surface area contributed by atoms with Crippen LogP contribution in [0.2, 0.25) is 19.6 Å². The Hall–Kier alpha value is -5.46. The Morgan fingerprint density at radius 2 is 1.59 bits per heavy atom. The first kappa shape index (κ1) is 33.8. The Morgan fingerprint density at radius 3 is 2.34 bits per heavy atom. The van der Waals surface area contributed by atoms with E-state index in [1.807, 2.05) is 75.5 Å². The summed E-state index contributed by atoms with van der Waals surface area (Å²) in [6.07, 6.45) is 1.89. The Kier molecular flexibility index (Phi) is 9.64. The van der Waals surface area contributed by atoms with E-state index in [0.29, 0.717) is 5.71 Å². The monoisotopic (exact) mass is 929 g/mol. The fourth-order valence-corrected chi connectivity index (χ4v) is 8.57. The molecule has 0 unspecified atom stereocenters. The van der Waals surface area contributed by atoms with Crippen LogP contribution in [0.1, 0.15) is 42.0 Å². The summed E-state index contributed by atoms with van der Waals surface area (Å²) in [4.78, 5) is 14.2. The number of imidazole rings is 1. The fourth-order valence-electron chi connectivity index (χ4n) is 6.99. The van der Waals surface area contributed by atoms with Gasteiger partial charge in [-0.3, -0.25) is 4.98 Å². The molecule has 0 atom stereocenters. The molecular formula is C49H44IrN4OSi-2. The molecular weight excluding hydrogens is 881 g/mol. The van der Waals surface area contributed by atoms with Gasteiger partial charge in [-0.15, -0.1) is 53.6 Å². The quantitative estimate of drug-likeness (QED) is 0.123. The van der Waals surface area contributed by atoms with Gasteiger partial charge in [0.15, 0.2) is 0 Å². The first-order valence-electron chi connectivity index (χ1n) is 20.4. The van der Waals surface area contributed by atoms with Gasteiger partial charge < -0.3 is 14.0 Å². The molecule has 0 saturated heterocycles. The average Bonchev–Trinajstić information content (AvgIpc) is 3.79. The maximum absolute atomic E-state index is 8.48. The van der Waals surface area contributed by atoms with Crippen LogP contribution in [-0.4, -0.2) is 27.6 Å². The maximum atomic E-state index is 8.48. The molecule has 5 nitrogen and oxygen atoms in total. The summed E-state index contributed by atoms with van der Waals surface area (Å²) in [6.45, 7) is 10.4. The van der Waals surface area contributed by atoms with Crippen molar-refractivity contribution in [3.8, 4) is 39.5 Å². The van der Waals surface area contributed by atoms with Crippen molar-refractivity contribution < 1.29 is 30.0 Å². The molecule has 7 heteroatoms. The van der Waals surface area contributed by atoms with Gasteiger partial charge in [0, 0.05) is 48.6 Å². The normalized spacial score (nSPS) is 13.0. The number of furan rings is 1. The molecule has 0 spiro atoms. The first-order valence-corrected chi connectivity index (χ1v) is 21.9. The van der Waals surface area contributed by atoms with Crippen molar-refractivity contribution in [2.45, 2.75) is 53.2 Å². The van der Waals surface area contributed by atoms with Crippen molar-refractivity contribution in [1.29, 1.82) is 0 Å². The van der Waals surface area contributed by atoms with Gasteiger partial charge in [0.2, 0.25) is 5.71 Å². The van der Waals surface area contributed by atoms with E-state index in [1.54, 1.807) is 12.1 Å². The van der Waals surface area contributed by atoms with Gasteiger partial charge in [-0.25, -0.2) is 4.98 Å². The second-order valence-electron chi connectivity index (χ2n) is 15.0. The number of aromatic nitrogens is 4. The number of rotatable bonds is 6.